The lowest BCUT2D eigenvalue weighted by atomic mass is 10.2. The van der Waals surface area contributed by atoms with Crippen molar-refractivity contribution in [2.75, 3.05) is 70.4 Å². The number of hydrogen-bond donors (Lipinski definition) is 0. The fourth-order valence-electron chi connectivity index (χ4n) is 3.39. The zero-order valence-electron chi connectivity index (χ0n) is 15.9. The highest BCUT2D eigenvalue weighted by Gasteiger charge is 2.25. The minimum Gasteiger partial charge on any atom is -0.450 e. The van der Waals surface area contributed by atoms with Gasteiger partial charge in [-0.25, -0.2) is 14.8 Å². The van der Waals surface area contributed by atoms with E-state index in [1.165, 1.54) is 0 Å². The van der Waals surface area contributed by atoms with Gasteiger partial charge >= 0.3 is 6.09 Å². The van der Waals surface area contributed by atoms with Crippen LogP contribution in [0.1, 0.15) is 13.3 Å². The molecule has 1 aromatic heterocycles. The van der Waals surface area contributed by atoms with E-state index in [2.05, 4.69) is 19.8 Å². The molecule has 0 N–H and O–H groups in total. The van der Waals surface area contributed by atoms with Crippen molar-refractivity contribution < 1.29 is 14.3 Å². The van der Waals surface area contributed by atoms with Crippen molar-refractivity contribution in [3.8, 4) is 0 Å². The Morgan fingerprint density at radius 1 is 0.963 bits per heavy atom. The van der Waals surface area contributed by atoms with Gasteiger partial charge in [0.1, 0.15) is 0 Å². The number of carbonyl (C=O) groups is 2. The van der Waals surface area contributed by atoms with E-state index in [9.17, 15) is 9.59 Å². The first-order valence-corrected chi connectivity index (χ1v) is 9.61. The van der Waals surface area contributed by atoms with Gasteiger partial charge in [-0.05, 0) is 13.0 Å². The molecule has 27 heavy (non-hydrogen) atoms. The fourth-order valence-corrected chi connectivity index (χ4v) is 3.39. The Morgan fingerprint density at radius 3 is 2.22 bits per heavy atom. The molecule has 0 atom stereocenters. The molecule has 2 aliphatic rings. The summed E-state index contributed by atoms with van der Waals surface area (Å²) in [5, 5.41) is 0. The number of hydrogen-bond acceptors (Lipinski definition) is 7. The van der Waals surface area contributed by atoms with E-state index in [0.717, 1.165) is 38.7 Å². The summed E-state index contributed by atoms with van der Waals surface area (Å²) < 4.78 is 5.01. The van der Waals surface area contributed by atoms with E-state index < -0.39 is 0 Å². The van der Waals surface area contributed by atoms with Crippen LogP contribution in [0, 0.1) is 0 Å². The SMILES string of the molecule is CCOC(=O)N1CCN(C(=O)CCN2CCN(c3ncccn3)CC2)CC1. The molecule has 2 saturated heterocycles. The summed E-state index contributed by atoms with van der Waals surface area (Å²) in [5.41, 5.74) is 0. The topological polar surface area (TPSA) is 82.1 Å². The van der Waals surface area contributed by atoms with Gasteiger partial charge < -0.3 is 19.4 Å². The first-order valence-electron chi connectivity index (χ1n) is 9.61. The molecule has 148 valence electrons. The second kappa shape index (κ2) is 9.50. The molecule has 9 nitrogen and oxygen atoms in total. The van der Waals surface area contributed by atoms with Gasteiger partial charge in [0.15, 0.2) is 0 Å². The second-order valence-corrected chi connectivity index (χ2v) is 6.69. The summed E-state index contributed by atoms with van der Waals surface area (Å²) in [6.45, 7) is 8.73. The Labute approximate surface area is 159 Å². The summed E-state index contributed by atoms with van der Waals surface area (Å²) in [7, 11) is 0. The number of anilines is 1. The highest BCUT2D eigenvalue weighted by molar-refractivity contribution is 5.77. The van der Waals surface area contributed by atoms with Crippen LogP contribution in [0.2, 0.25) is 0 Å². The van der Waals surface area contributed by atoms with E-state index in [4.69, 9.17) is 4.74 Å². The number of nitrogens with zero attached hydrogens (tertiary/aromatic N) is 6. The number of rotatable bonds is 5. The van der Waals surface area contributed by atoms with E-state index in [0.29, 0.717) is 39.2 Å². The van der Waals surface area contributed by atoms with Gasteiger partial charge in [-0.1, -0.05) is 0 Å². The van der Waals surface area contributed by atoms with Crippen LogP contribution in [0.3, 0.4) is 0 Å². The van der Waals surface area contributed by atoms with Crippen LogP contribution in [0.25, 0.3) is 0 Å². The first kappa shape index (κ1) is 19.3. The summed E-state index contributed by atoms with van der Waals surface area (Å²) in [6.07, 6.45) is 3.75. The number of aromatic nitrogens is 2. The van der Waals surface area contributed by atoms with Crippen LogP contribution in [0.4, 0.5) is 10.7 Å². The van der Waals surface area contributed by atoms with Crippen LogP contribution in [0.15, 0.2) is 18.5 Å². The molecule has 3 rings (SSSR count). The molecule has 2 amide bonds. The molecule has 0 aliphatic carbocycles. The van der Waals surface area contributed by atoms with Crippen LogP contribution in [-0.4, -0.2) is 102 Å². The zero-order chi connectivity index (χ0) is 19.1. The normalized spacial score (nSPS) is 18.5. The van der Waals surface area contributed by atoms with Gasteiger partial charge in [0.25, 0.3) is 0 Å². The standard InChI is InChI=1S/C18H28N6O3/c1-2-27-18(26)24-14-12-22(13-15-24)16(25)4-7-21-8-10-23(11-9-21)17-19-5-3-6-20-17/h3,5-6H,2,4,7-15H2,1H3. The zero-order valence-corrected chi connectivity index (χ0v) is 15.9. The van der Waals surface area contributed by atoms with Crippen LogP contribution in [0.5, 0.6) is 0 Å². The van der Waals surface area contributed by atoms with Crippen molar-refractivity contribution in [2.24, 2.45) is 0 Å². The van der Waals surface area contributed by atoms with Crippen molar-refractivity contribution >= 4 is 17.9 Å². The third-order valence-electron chi connectivity index (χ3n) is 5.01. The molecule has 1 aromatic rings. The molecule has 0 saturated carbocycles. The lowest BCUT2D eigenvalue weighted by molar-refractivity contribution is -0.133. The molecule has 2 aliphatic heterocycles. The van der Waals surface area contributed by atoms with Crippen LogP contribution < -0.4 is 4.90 Å². The maximum Gasteiger partial charge on any atom is 0.409 e. The largest absolute Gasteiger partial charge is 0.450 e. The van der Waals surface area contributed by atoms with Gasteiger partial charge in [0.05, 0.1) is 6.61 Å². The van der Waals surface area contributed by atoms with Gasteiger partial charge in [0.2, 0.25) is 11.9 Å². The number of ether oxygens (including phenoxy) is 1. The number of piperazine rings is 2. The van der Waals surface area contributed by atoms with Gasteiger partial charge in [-0.2, -0.15) is 0 Å². The molecule has 0 unspecified atom stereocenters. The molecule has 0 bridgehead atoms. The fraction of sp³-hybridized carbons (Fsp3) is 0.667. The molecular weight excluding hydrogens is 348 g/mol. The van der Waals surface area contributed by atoms with Crippen molar-refractivity contribution in [3.63, 3.8) is 0 Å². The van der Waals surface area contributed by atoms with E-state index in [1.807, 2.05) is 11.0 Å². The van der Waals surface area contributed by atoms with E-state index >= 15 is 0 Å². The average molecular weight is 376 g/mol. The maximum absolute atomic E-state index is 12.5. The molecule has 0 aromatic carbocycles. The average Bonchev–Trinajstić information content (AvgIpc) is 2.73. The van der Waals surface area contributed by atoms with Gasteiger partial charge in [-0.15, -0.1) is 0 Å². The van der Waals surface area contributed by atoms with E-state index in [1.54, 1.807) is 24.2 Å². The summed E-state index contributed by atoms with van der Waals surface area (Å²) in [5.74, 6) is 0.931. The Kier molecular flexibility index (Phi) is 6.80. The smallest absolute Gasteiger partial charge is 0.409 e. The molecule has 0 spiro atoms. The molecule has 3 heterocycles. The van der Waals surface area contributed by atoms with Crippen molar-refractivity contribution in [1.29, 1.82) is 0 Å². The van der Waals surface area contributed by atoms with Gasteiger partial charge in [0, 0.05) is 77.7 Å². The minimum absolute atomic E-state index is 0.160. The Hall–Kier alpha value is -2.42. The maximum atomic E-state index is 12.5. The van der Waals surface area contributed by atoms with Crippen molar-refractivity contribution in [3.05, 3.63) is 18.5 Å². The predicted molar refractivity (Wildman–Crippen MR) is 100 cm³/mol. The highest BCUT2D eigenvalue weighted by atomic mass is 16.6. The monoisotopic (exact) mass is 376 g/mol. The Morgan fingerprint density at radius 2 is 1.59 bits per heavy atom. The molecular formula is C18H28N6O3. The van der Waals surface area contributed by atoms with Crippen molar-refractivity contribution in [1.82, 2.24) is 24.7 Å². The van der Waals surface area contributed by atoms with E-state index in [-0.39, 0.29) is 12.0 Å². The Balaban J connectivity index is 1.35. The highest BCUT2D eigenvalue weighted by Crippen LogP contribution is 2.11. The second-order valence-electron chi connectivity index (χ2n) is 6.69. The van der Waals surface area contributed by atoms with Crippen LogP contribution >= 0.6 is 0 Å². The molecule has 2 fully saturated rings. The molecule has 0 radical (unpaired) electrons. The summed E-state index contributed by atoms with van der Waals surface area (Å²) in [4.78, 5) is 40.8. The van der Waals surface area contributed by atoms with Gasteiger partial charge in [-0.3, -0.25) is 9.69 Å². The Bertz CT molecular complexity index is 613. The number of carbonyl (C=O) groups excluding carboxylic acids is 2. The van der Waals surface area contributed by atoms with Crippen LogP contribution in [-0.2, 0) is 9.53 Å². The molecule has 9 heteroatoms. The predicted octanol–water partition coefficient (Wildman–Crippen LogP) is 0.289. The summed E-state index contributed by atoms with van der Waals surface area (Å²) in [6, 6.07) is 1.82. The quantitative estimate of drug-likeness (QED) is 0.730. The lowest BCUT2D eigenvalue weighted by Crippen LogP contribution is -2.51. The number of amides is 2. The third kappa shape index (κ3) is 5.29. The minimum atomic E-state index is -0.287. The lowest BCUT2D eigenvalue weighted by Gasteiger charge is -2.36. The third-order valence-corrected chi connectivity index (χ3v) is 5.01. The van der Waals surface area contributed by atoms with Crippen molar-refractivity contribution in [2.45, 2.75) is 13.3 Å². The summed E-state index contributed by atoms with van der Waals surface area (Å²) >= 11 is 0. The first-order chi connectivity index (χ1) is 13.2.